The van der Waals surface area contributed by atoms with Crippen molar-refractivity contribution in [1.29, 1.82) is 0 Å². The molecule has 16 atom stereocenters. The Hall–Kier alpha value is -0.790. The first-order valence-corrected chi connectivity index (χ1v) is 11.6. The minimum absolute atomic E-state index is 0.0178. The van der Waals surface area contributed by atoms with Gasteiger partial charge in [0.1, 0.15) is 0 Å². The van der Waals surface area contributed by atoms with E-state index < -0.39 is 5.97 Å². The first-order valence-electron chi connectivity index (χ1n) is 11.6. The maximum Gasteiger partial charge on any atom is 0.307 e. The Labute approximate surface area is 155 Å². The van der Waals surface area contributed by atoms with Crippen molar-refractivity contribution in [2.24, 2.45) is 94.7 Å². The molecule has 7 fully saturated rings. The first kappa shape index (κ1) is 14.2. The highest BCUT2D eigenvalue weighted by molar-refractivity contribution is 5.71. The van der Waals surface area contributed by atoms with E-state index in [1.165, 1.54) is 19.3 Å². The van der Waals surface area contributed by atoms with Gasteiger partial charge in [-0.05, 0) is 114 Å². The van der Waals surface area contributed by atoms with Gasteiger partial charge in [-0.25, -0.2) is 0 Å². The lowest BCUT2D eigenvalue weighted by Gasteiger charge is -2.51. The molecule has 0 aromatic heterocycles. The second-order valence-electron chi connectivity index (χ2n) is 11.8. The van der Waals surface area contributed by atoms with E-state index in [9.17, 15) is 9.90 Å². The summed E-state index contributed by atoms with van der Waals surface area (Å²) in [5, 5.41) is 9.88. The molecule has 7 saturated carbocycles. The van der Waals surface area contributed by atoms with E-state index in [-0.39, 0.29) is 5.92 Å². The number of hydrogen-bond acceptors (Lipinski definition) is 1. The summed E-state index contributed by atoms with van der Waals surface area (Å²) in [5.41, 5.74) is 0. The Morgan fingerprint density at radius 2 is 1.15 bits per heavy atom. The zero-order valence-corrected chi connectivity index (χ0v) is 15.6. The molecule has 8 rings (SSSR count). The normalized spacial score (nSPS) is 72.3. The Kier molecular flexibility index (Phi) is 2.26. The molecule has 16 unspecified atom stereocenters. The third kappa shape index (κ3) is 1.24. The fourth-order valence-electron chi connectivity index (χ4n) is 12.2. The van der Waals surface area contributed by atoms with Crippen molar-refractivity contribution in [3.63, 3.8) is 0 Å². The number of carbonyl (C=O) groups is 1. The Bertz CT molecular complexity index is 755. The summed E-state index contributed by atoms with van der Waals surface area (Å²) in [6.45, 7) is 2.28. The maximum absolute atomic E-state index is 12.0. The van der Waals surface area contributed by atoms with Crippen LogP contribution < -0.4 is 0 Å². The largest absolute Gasteiger partial charge is 0.481 e. The number of carboxylic acids is 1. The van der Waals surface area contributed by atoms with E-state index in [4.69, 9.17) is 0 Å². The molecule has 0 spiro atoms. The van der Waals surface area contributed by atoms with E-state index >= 15 is 0 Å². The minimum Gasteiger partial charge on any atom is -0.481 e. The Morgan fingerprint density at radius 1 is 0.692 bits per heavy atom. The van der Waals surface area contributed by atoms with Gasteiger partial charge in [-0.3, -0.25) is 4.79 Å². The predicted molar refractivity (Wildman–Crippen MR) is 96.8 cm³/mol. The number of rotatable bonds is 1. The van der Waals surface area contributed by atoms with E-state index in [2.05, 4.69) is 19.1 Å². The number of aliphatic carboxylic acids is 1. The highest BCUT2D eigenvalue weighted by Crippen LogP contribution is 2.81. The zero-order chi connectivity index (χ0) is 17.1. The Morgan fingerprint density at radius 3 is 1.73 bits per heavy atom. The molecule has 0 aliphatic heterocycles. The molecule has 1 N–H and O–H groups in total. The molecule has 2 heteroatoms. The fraction of sp³-hybridized carbons (Fsp3) is 0.875. The maximum atomic E-state index is 12.0. The van der Waals surface area contributed by atoms with Crippen LogP contribution in [-0.2, 0) is 4.79 Å². The molecule has 138 valence electrons. The highest BCUT2D eigenvalue weighted by Gasteiger charge is 2.76. The monoisotopic (exact) mass is 350 g/mol. The lowest BCUT2D eigenvalue weighted by molar-refractivity contribution is -0.149. The van der Waals surface area contributed by atoms with Gasteiger partial charge >= 0.3 is 5.97 Å². The van der Waals surface area contributed by atoms with E-state index in [0.717, 1.165) is 76.9 Å². The van der Waals surface area contributed by atoms with E-state index in [1.54, 1.807) is 6.42 Å². The molecular formula is C24H30O2. The molecule has 8 bridgehead atoms. The number of hydrogen-bond donors (Lipinski definition) is 1. The van der Waals surface area contributed by atoms with Crippen molar-refractivity contribution in [2.45, 2.75) is 32.6 Å². The summed E-state index contributed by atoms with van der Waals surface area (Å²) in [7, 11) is 0. The molecule has 2 nitrogen and oxygen atoms in total. The minimum atomic E-state index is -0.478. The summed E-state index contributed by atoms with van der Waals surface area (Å²) in [4.78, 5) is 12.0. The third-order valence-electron chi connectivity index (χ3n) is 12.0. The average molecular weight is 351 g/mol. The lowest BCUT2D eigenvalue weighted by Crippen LogP contribution is -2.49. The van der Waals surface area contributed by atoms with Crippen molar-refractivity contribution in [2.75, 3.05) is 0 Å². The fourth-order valence-corrected chi connectivity index (χ4v) is 12.2. The van der Waals surface area contributed by atoms with E-state index in [0.29, 0.717) is 11.8 Å². The molecule has 0 aromatic carbocycles. The average Bonchev–Trinajstić information content (AvgIpc) is 3.44. The summed E-state index contributed by atoms with van der Waals surface area (Å²) >= 11 is 0. The third-order valence-corrected chi connectivity index (χ3v) is 12.0. The van der Waals surface area contributed by atoms with Crippen LogP contribution in [0.5, 0.6) is 0 Å². The van der Waals surface area contributed by atoms with Gasteiger partial charge in [0.05, 0.1) is 5.92 Å². The van der Waals surface area contributed by atoms with E-state index in [1.807, 2.05) is 0 Å². The quantitative estimate of drug-likeness (QED) is 0.569. The van der Waals surface area contributed by atoms with Crippen LogP contribution in [0.4, 0.5) is 0 Å². The molecule has 0 aromatic rings. The standard InChI is InChI=1S/C24H30O2/c1-8-11-5-12(17(8)24(25)26)21-16-7-15(20(11)21)22-13-6-14(23(16)22)19-10-3-2-9(4-10)18(13)19/h2-3,8-23H,4-7H2,1H3,(H,25,26). The molecule has 0 radical (unpaired) electrons. The van der Waals surface area contributed by atoms with Crippen molar-refractivity contribution in [3.8, 4) is 0 Å². The van der Waals surface area contributed by atoms with Crippen LogP contribution in [0.1, 0.15) is 32.6 Å². The Balaban J connectivity index is 1.20. The van der Waals surface area contributed by atoms with Gasteiger partial charge in [0, 0.05) is 0 Å². The zero-order valence-electron chi connectivity index (χ0n) is 15.6. The van der Waals surface area contributed by atoms with Crippen molar-refractivity contribution in [1.82, 2.24) is 0 Å². The van der Waals surface area contributed by atoms with Crippen molar-refractivity contribution < 1.29 is 9.90 Å². The molecule has 8 aliphatic rings. The van der Waals surface area contributed by atoms with Crippen LogP contribution in [0.3, 0.4) is 0 Å². The molecule has 0 saturated heterocycles. The topological polar surface area (TPSA) is 37.3 Å². The number of carboxylic acid groups (broad SMARTS) is 1. The lowest BCUT2D eigenvalue weighted by atomic mass is 9.53. The molecular weight excluding hydrogens is 320 g/mol. The van der Waals surface area contributed by atoms with Gasteiger partial charge in [0.2, 0.25) is 0 Å². The van der Waals surface area contributed by atoms with Gasteiger partial charge < -0.3 is 5.11 Å². The summed E-state index contributed by atoms with van der Waals surface area (Å²) < 4.78 is 0. The molecule has 0 amide bonds. The highest BCUT2D eigenvalue weighted by atomic mass is 16.4. The second-order valence-corrected chi connectivity index (χ2v) is 11.8. The van der Waals surface area contributed by atoms with Gasteiger partial charge in [-0.2, -0.15) is 0 Å². The smallest absolute Gasteiger partial charge is 0.307 e. The van der Waals surface area contributed by atoms with Crippen LogP contribution in [0.2, 0.25) is 0 Å². The van der Waals surface area contributed by atoms with Gasteiger partial charge in [0.25, 0.3) is 0 Å². The van der Waals surface area contributed by atoms with Crippen LogP contribution in [-0.4, -0.2) is 11.1 Å². The molecule has 8 aliphatic carbocycles. The van der Waals surface area contributed by atoms with Gasteiger partial charge in [-0.15, -0.1) is 0 Å². The predicted octanol–water partition coefficient (Wildman–Crippen LogP) is 4.18. The summed E-state index contributed by atoms with van der Waals surface area (Å²) in [5.74, 6) is 12.9. The van der Waals surface area contributed by atoms with Crippen LogP contribution >= 0.6 is 0 Å². The second kappa shape index (κ2) is 4.13. The van der Waals surface area contributed by atoms with Gasteiger partial charge in [0.15, 0.2) is 0 Å². The first-order chi connectivity index (χ1) is 12.6. The molecule has 0 heterocycles. The van der Waals surface area contributed by atoms with Crippen LogP contribution in [0.25, 0.3) is 0 Å². The van der Waals surface area contributed by atoms with Gasteiger partial charge in [-0.1, -0.05) is 19.1 Å². The van der Waals surface area contributed by atoms with Crippen LogP contribution in [0.15, 0.2) is 12.2 Å². The summed E-state index contributed by atoms with van der Waals surface area (Å²) in [6, 6.07) is 0. The number of fused-ring (bicyclic) bond motifs is 23. The van der Waals surface area contributed by atoms with Crippen LogP contribution in [0, 0.1) is 94.7 Å². The van der Waals surface area contributed by atoms with Crippen molar-refractivity contribution in [3.05, 3.63) is 12.2 Å². The molecule has 26 heavy (non-hydrogen) atoms. The SMILES string of the molecule is CC1C2CC(C1C(=O)O)C1C3CC(C21)C1C2CC(C4C5C=CC(C5)C24)C31. The number of allylic oxidation sites excluding steroid dienone is 2. The van der Waals surface area contributed by atoms with Crippen molar-refractivity contribution >= 4 is 5.97 Å². The summed E-state index contributed by atoms with van der Waals surface area (Å²) in [6.07, 6.45) is 11.0.